The highest BCUT2D eigenvalue weighted by Gasteiger charge is 2.51. The normalized spacial score (nSPS) is 25.9. The van der Waals surface area contributed by atoms with Gasteiger partial charge in [0.2, 0.25) is 0 Å². The molecule has 1 heterocycles. The van der Waals surface area contributed by atoms with Gasteiger partial charge in [0, 0.05) is 6.42 Å². The Labute approximate surface area is 184 Å². The molecule has 31 heavy (non-hydrogen) atoms. The fourth-order valence-corrected chi connectivity index (χ4v) is 4.12. The first-order valence-corrected chi connectivity index (χ1v) is 10.8. The molecule has 1 aliphatic heterocycles. The van der Waals surface area contributed by atoms with Crippen molar-refractivity contribution in [1.29, 1.82) is 0 Å². The summed E-state index contributed by atoms with van der Waals surface area (Å²) in [5.41, 5.74) is 1.97. The van der Waals surface area contributed by atoms with E-state index >= 15 is 0 Å². The summed E-state index contributed by atoms with van der Waals surface area (Å²) in [6.45, 7) is 3.14. The molecule has 4 heteroatoms. The van der Waals surface area contributed by atoms with Gasteiger partial charge in [0.15, 0.2) is 0 Å². The van der Waals surface area contributed by atoms with Crippen molar-refractivity contribution < 1.29 is 19.3 Å². The first-order valence-electron chi connectivity index (χ1n) is 10.8. The Balaban J connectivity index is 1.56. The van der Waals surface area contributed by atoms with Crippen molar-refractivity contribution in [2.24, 2.45) is 0 Å². The molecule has 3 aromatic rings. The van der Waals surface area contributed by atoms with Crippen LogP contribution in [0, 0.1) is 0 Å². The molecular formula is C27H30O4. The third-order valence-corrected chi connectivity index (χ3v) is 5.95. The molecule has 0 radical (unpaired) electrons. The zero-order chi connectivity index (χ0) is 21.5. The molecule has 4 rings (SSSR count). The van der Waals surface area contributed by atoms with Crippen LogP contribution >= 0.6 is 0 Å². The van der Waals surface area contributed by atoms with Crippen molar-refractivity contribution in [3.8, 4) is 0 Å². The van der Waals surface area contributed by atoms with Crippen LogP contribution in [0.1, 0.15) is 23.6 Å². The Bertz CT molecular complexity index is 916. The van der Waals surface area contributed by atoms with Crippen LogP contribution in [0.25, 0.3) is 0 Å². The van der Waals surface area contributed by atoms with Crippen LogP contribution in [0.3, 0.4) is 0 Å². The molecule has 0 amide bonds. The summed E-state index contributed by atoms with van der Waals surface area (Å²) in [6, 6.07) is 30.0. The van der Waals surface area contributed by atoms with E-state index in [-0.39, 0.29) is 12.2 Å². The summed E-state index contributed by atoms with van der Waals surface area (Å²) in [5, 5.41) is 11.9. The summed E-state index contributed by atoms with van der Waals surface area (Å²) >= 11 is 0. The molecule has 1 fully saturated rings. The van der Waals surface area contributed by atoms with Gasteiger partial charge in [-0.3, -0.25) is 0 Å². The third-order valence-electron chi connectivity index (χ3n) is 5.95. The molecule has 0 spiro atoms. The molecular weight excluding hydrogens is 388 g/mol. The second-order valence-electron chi connectivity index (χ2n) is 8.18. The molecule has 0 aliphatic carbocycles. The lowest BCUT2D eigenvalue weighted by Crippen LogP contribution is -2.64. The average molecular weight is 419 g/mol. The van der Waals surface area contributed by atoms with E-state index in [4.69, 9.17) is 14.2 Å². The van der Waals surface area contributed by atoms with E-state index < -0.39 is 11.7 Å². The van der Waals surface area contributed by atoms with Gasteiger partial charge in [-0.2, -0.15) is 0 Å². The fraction of sp³-hybridized carbons (Fsp3) is 0.333. The molecule has 0 bridgehead atoms. The fourth-order valence-electron chi connectivity index (χ4n) is 4.12. The maximum absolute atomic E-state index is 11.9. The van der Waals surface area contributed by atoms with Crippen LogP contribution in [0.2, 0.25) is 0 Å². The molecule has 162 valence electrons. The molecule has 1 N–H and O–H groups in total. The van der Waals surface area contributed by atoms with Crippen LogP contribution in [-0.2, 0) is 33.8 Å². The zero-order valence-electron chi connectivity index (χ0n) is 17.9. The van der Waals surface area contributed by atoms with Gasteiger partial charge in [0.05, 0.1) is 25.9 Å². The highest BCUT2D eigenvalue weighted by molar-refractivity contribution is 5.20. The standard InChI is InChI=1S/C27H30O4/c1-21-27(28,17-22-11-5-2-6-12-22)26(31-19-24-15-9-4-10-16-24)25(20-29-21)30-18-23-13-7-3-8-14-23/h2-16,21,25-26,28H,17-20H2,1H3/t21?,25?,26-,27-/m1/s1. The predicted molar refractivity (Wildman–Crippen MR) is 121 cm³/mol. The Morgan fingerprint density at radius 3 is 1.81 bits per heavy atom. The summed E-state index contributed by atoms with van der Waals surface area (Å²) in [6.07, 6.45) is -0.862. The van der Waals surface area contributed by atoms with Crippen molar-refractivity contribution in [1.82, 2.24) is 0 Å². The third kappa shape index (κ3) is 5.41. The number of rotatable bonds is 8. The first-order chi connectivity index (χ1) is 15.1. The Kier molecular flexibility index (Phi) is 7.15. The topological polar surface area (TPSA) is 47.9 Å². The van der Waals surface area contributed by atoms with Gasteiger partial charge >= 0.3 is 0 Å². The van der Waals surface area contributed by atoms with Crippen LogP contribution in [-0.4, -0.2) is 35.6 Å². The van der Waals surface area contributed by atoms with Crippen LogP contribution in [0.15, 0.2) is 91.0 Å². The first kappa shape index (κ1) is 21.7. The molecule has 1 saturated heterocycles. The van der Waals surface area contributed by atoms with Crippen molar-refractivity contribution in [3.63, 3.8) is 0 Å². The Morgan fingerprint density at radius 2 is 1.26 bits per heavy atom. The number of benzene rings is 3. The van der Waals surface area contributed by atoms with Gasteiger partial charge in [-0.05, 0) is 23.6 Å². The van der Waals surface area contributed by atoms with Gasteiger partial charge in [0.1, 0.15) is 17.8 Å². The van der Waals surface area contributed by atoms with E-state index in [1.54, 1.807) is 0 Å². The molecule has 1 aliphatic rings. The van der Waals surface area contributed by atoms with E-state index in [9.17, 15) is 5.11 Å². The number of hydrogen-bond donors (Lipinski definition) is 1. The summed E-state index contributed by atoms with van der Waals surface area (Å²) < 4.78 is 18.6. The average Bonchev–Trinajstić information content (AvgIpc) is 2.81. The van der Waals surface area contributed by atoms with Crippen LogP contribution < -0.4 is 0 Å². The van der Waals surface area contributed by atoms with E-state index in [0.717, 1.165) is 16.7 Å². The Hall–Kier alpha value is -2.50. The quantitative estimate of drug-likeness (QED) is 0.583. The zero-order valence-corrected chi connectivity index (χ0v) is 17.9. The monoisotopic (exact) mass is 418 g/mol. The second-order valence-corrected chi connectivity index (χ2v) is 8.18. The highest BCUT2D eigenvalue weighted by atomic mass is 16.6. The molecule has 0 saturated carbocycles. The van der Waals surface area contributed by atoms with Gasteiger partial charge < -0.3 is 19.3 Å². The SMILES string of the molecule is CC1OCC(OCc2ccccc2)[C@@H](OCc2ccccc2)[C@@]1(O)Cc1ccccc1. The summed E-state index contributed by atoms with van der Waals surface area (Å²) in [5.74, 6) is 0. The largest absolute Gasteiger partial charge is 0.384 e. The van der Waals surface area contributed by atoms with Crippen LogP contribution in [0.5, 0.6) is 0 Å². The lowest BCUT2D eigenvalue weighted by molar-refractivity contribution is -0.265. The minimum absolute atomic E-state index is 0.380. The number of ether oxygens (including phenoxy) is 3. The highest BCUT2D eigenvalue weighted by Crippen LogP contribution is 2.34. The van der Waals surface area contributed by atoms with Crippen molar-refractivity contribution in [3.05, 3.63) is 108 Å². The maximum Gasteiger partial charge on any atom is 0.123 e. The lowest BCUT2D eigenvalue weighted by atomic mass is 9.80. The smallest absolute Gasteiger partial charge is 0.123 e. The molecule has 4 nitrogen and oxygen atoms in total. The van der Waals surface area contributed by atoms with E-state index in [1.807, 2.05) is 97.9 Å². The summed E-state index contributed by atoms with van der Waals surface area (Å²) in [7, 11) is 0. The predicted octanol–water partition coefficient (Wildman–Crippen LogP) is 4.55. The van der Waals surface area contributed by atoms with Crippen molar-refractivity contribution in [2.75, 3.05) is 6.61 Å². The van der Waals surface area contributed by atoms with Gasteiger partial charge in [0.25, 0.3) is 0 Å². The molecule has 2 unspecified atom stereocenters. The van der Waals surface area contributed by atoms with Crippen molar-refractivity contribution >= 4 is 0 Å². The molecule has 0 aromatic heterocycles. The molecule has 4 atom stereocenters. The van der Waals surface area contributed by atoms with Gasteiger partial charge in [-0.1, -0.05) is 91.0 Å². The van der Waals surface area contributed by atoms with Gasteiger partial charge in [-0.25, -0.2) is 0 Å². The maximum atomic E-state index is 11.9. The number of aliphatic hydroxyl groups is 1. The van der Waals surface area contributed by atoms with E-state index in [2.05, 4.69) is 0 Å². The minimum Gasteiger partial charge on any atom is -0.384 e. The summed E-state index contributed by atoms with van der Waals surface area (Å²) in [4.78, 5) is 0. The van der Waals surface area contributed by atoms with E-state index in [0.29, 0.717) is 26.2 Å². The van der Waals surface area contributed by atoms with Crippen molar-refractivity contribution in [2.45, 2.75) is 50.5 Å². The lowest BCUT2D eigenvalue weighted by Gasteiger charge is -2.47. The van der Waals surface area contributed by atoms with E-state index in [1.165, 1.54) is 0 Å². The minimum atomic E-state index is -1.21. The van der Waals surface area contributed by atoms with Gasteiger partial charge in [-0.15, -0.1) is 0 Å². The molecule has 3 aromatic carbocycles. The van der Waals surface area contributed by atoms with Crippen LogP contribution in [0.4, 0.5) is 0 Å². The second kappa shape index (κ2) is 10.2. The number of hydrogen-bond acceptors (Lipinski definition) is 4. The Morgan fingerprint density at radius 1 is 0.774 bits per heavy atom.